The van der Waals surface area contributed by atoms with Gasteiger partial charge in [0, 0.05) is 19.6 Å². The Kier molecular flexibility index (Phi) is 3.22. The van der Waals surface area contributed by atoms with Crippen molar-refractivity contribution in [1.82, 2.24) is 14.9 Å². The van der Waals surface area contributed by atoms with Crippen molar-refractivity contribution in [3.63, 3.8) is 0 Å². The third-order valence-electron chi connectivity index (χ3n) is 3.12. The first kappa shape index (κ1) is 10.8. The van der Waals surface area contributed by atoms with E-state index in [1.165, 1.54) is 0 Å². The Labute approximate surface area is 95.5 Å². The zero-order valence-electron chi connectivity index (χ0n) is 9.15. The molecule has 15 heavy (non-hydrogen) atoms. The SMILES string of the molecule is CC1CN(Cc2cnc(Cl)cn2)CC1C. The average Bonchev–Trinajstić information content (AvgIpc) is 2.50. The van der Waals surface area contributed by atoms with Crippen molar-refractivity contribution in [2.45, 2.75) is 20.4 Å². The van der Waals surface area contributed by atoms with E-state index < -0.39 is 0 Å². The van der Waals surface area contributed by atoms with E-state index in [2.05, 4.69) is 28.7 Å². The molecule has 0 N–H and O–H groups in total. The summed E-state index contributed by atoms with van der Waals surface area (Å²) in [7, 11) is 0. The number of halogens is 1. The number of hydrogen-bond acceptors (Lipinski definition) is 3. The smallest absolute Gasteiger partial charge is 0.147 e. The van der Waals surface area contributed by atoms with Gasteiger partial charge >= 0.3 is 0 Å². The van der Waals surface area contributed by atoms with Crippen LogP contribution in [0.4, 0.5) is 0 Å². The van der Waals surface area contributed by atoms with E-state index in [0.29, 0.717) is 5.15 Å². The predicted molar refractivity (Wildman–Crippen MR) is 60.6 cm³/mol. The van der Waals surface area contributed by atoms with Gasteiger partial charge in [0.15, 0.2) is 0 Å². The van der Waals surface area contributed by atoms with Gasteiger partial charge in [-0.05, 0) is 11.8 Å². The van der Waals surface area contributed by atoms with Crippen LogP contribution < -0.4 is 0 Å². The molecule has 2 heterocycles. The molecule has 1 aromatic rings. The molecule has 1 aliphatic heterocycles. The fourth-order valence-corrected chi connectivity index (χ4v) is 2.13. The molecule has 0 bridgehead atoms. The van der Waals surface area contributed by atoms with Gasteiger partial charge in [0.1, 0.15) is 5.15 Å². The van der Waals surface area contributed by atoms with E-state index in [4.69, 9.17) is 11.6 Å². The van der Waals surface area contributed by atoms with Crippen molar-refractivity contribution >= 4 is 11.6 Å². The molecule has 3 nitrogen and oxygen atoms in total. The Morgan fingerprint density at radius 2 is 1.93 bits per heavy atom. The summed E-state index contributed by atoms with van der Waals surface area (Å²) >= 11 is 5.69. The molecule has 2 atom stereocenters. The zero-order valence-corrected chi connectivity index (χ0v) is 9.91. The van der Waals surface area contributed by atoms with Crippen molar-refractivity contribution < 1.29 is 0 Å². The van der Waals surface area contributed by atoms with Crippen LogP contribution in [0.2, 0.25) is 5.15 Å². The second-order valence-corrected chi connectivity index (χ2v) is 4.87. The van der Waals surface area contributed by atoms with E-state index in [1.807, 2.05) is 0 Å². The summed E-state index contributed by atoms with van der Waals surface area (Å²) in [6, 6.07) is 0. The van der Waals surface area contributed by atoms with Crippen molar-refractivity contribution in [2.24, 2.45) is 11.8 Å². The Morgan fingerprint density at radius 3 is 2.47 bits per heavy atom. The fourth-order valence-electron chi connectivity index (χ4n) is 2.03. The van der Waals surface area contributed by atoms with Crippen LogP contribution >= 0.6 is 11.6 Å². The van der Waals surface area contributed by atoms with Gasteiger partial charge in [0.05, 0.1) is 18.1 Å². The van der Waals surface area contributed by atoms with Crippen LogP contribution in [0.1, 0.15) is 19.5 Å². The summed E-state index contributed by atoms with van der Waals surface area (Å²) < 4.78 is 0. The predicted octanol–water partition coefficient (Wildman–Crippen LogP) is 2.22. The van der Waals surface area contributed by atoms with Crippen LogP contribution in [0.15, 0.2) is 12.4 Å². The number of hydrogen-bond donors (Lipinski definition) is 0. The number of nitrogens with zero attached hydrogens (tertiary/aromatic N) is 3. The lowest BCUT2D eigenvalue weighted by Gasteiger charge is -2.14. The van der Waals surface area contributed by atoms with Gasteiger partial charge in [-0.1, -0.05) is 25.4 Å². The van der Waals surface area contributed by atoms with E-state index in [-0.39, 0.29) is 0 Å². The van der Waals surface area contributed by atoms with Crippen LogP contribution in [0.25, 0.3) is 0 Å². The quantitative estimate of drug-likeness (QED) is 0.773. The lowest BCUT2D eigenvalue weighted by molar-refractivity contribution is 0.312. The average molecular weight is 226 g/mol. The molecule has 1 aliphatic rings. The van der Waals surface area contributed by atoms with Gasteiger partial charge < -0.3 is 0 Å². The third kappa shape index (κ3) is 2.67. The lowest BCUT2D eigenvalue weighted by Crippen LogP contribution is -2.20. The standard InChI is InChI=1S/C11H16ClN3/c1-8-5-15(6-9(8)2)7-10-3-14-11(12)4-13-10/h3-4,8-9H,5-7H2,1-2H3. The number of likely N-dealkylation sites (tertiary alicyclic amines) is 1. The minimum Gasteiger partial charge on any atom is -0.297 e. The second-order valence-electron chi connectivity index (χ2n) is 4.48. The van der Waals surface area contributed by atoms with E-state index in [0.717, 1.165) is 37.2 Å². The highest BCUT2D eigenvalue weighted by atomic mass is 35.5. The molecular formula is C11H16ClN3. The van der Waals surface area contributed by atoms with Gasteiger partial charge in [0.25, 0.3) is 0 Å². The highest BCUT2D eigenvalue weighted by molar-refractivity contribution is 6.29. The van der Waals surface area contributed by atoms with Crippen molar-refractivity contribution in [1.29, 1.82) is 0 Å². The molecule has 82 valence electrons. The second kappa shape index (κ2) is 4.45. The summed E-state index contributed by atoms with van der Waals surface area (Å²) in [6.45, 7) is 7.81. The summed E-state index contributed by atoms with van der Waals surface area (Å²) in [6.07, 6.45) is 3.37. The van der Waals surface area contributed by atoms with Crippen molar-refractivity contribution in [3.05, 3.63) is 23.2 Å². The molecule has 1 saturated heterocycles. The molecule has 2 rings (SSSR count). The maximum absolute atomic E-state index is 5.69. The molecule has 0 spiro atoms. The summed E-state index contributed by atoms with van der Waals surface area (Å²) in [5.41, 5.74) is 1.00. The van der Waals surface area contributed by atoms with E-state index in [9.17, 15) is 0 Å². The van der Waals surface area contributed by atoms with E-state index in [1.54, 1.807) is 12.4 Å². The summed E-state index contributed by atoms with van der Waals surface area (Å²) in [4.78, 5) is 10.7. The zero-order chi connectivity index (χ0) is 10.8. The molecule has 1 fully saturated rings. The maximum Gasteiger partial charge on any atom is 0.147 e. The maximum atomic E-state index is 5.69. The minimum atomic E-state index is 0.460. The van der Waals surface area contributed by atoms with Crippen molar-refractivity contribution in [3.8, 4) is 0 Å². The molecule has 0 amide bonds. The summed E-state index contributed by atoms with van der Waals surface area (Å²) in [5.74, 6) is 1.57. The first-order chi connectivity index (χ1) is 7.15. The first-order valence-electron chi connectivity index (χ1n) is 5.34. The lowest BCUT2D eigenvalue weighted by atomic mass is 10.0. The normalized spacial score (nSPS) is 27.1. The minimum absolute atomic E-state index is 0.460. The Balaban J connectivity index is 1.95. The van der Waals surface area contributed by atoms with Gasteiger partial charge in [-0.15, -0.1) is 0 Å². The molecular weight excluding hydrogens is 210 g/mol. The van der Waals surface area contributed by atoms with E-state index >= 15 is 0 Å². The van der Waals surface area contributed by atoms with Gasteiger partial charge in [-0.3, -0.25) is 9.88 Å². The fraction of sp³-hybridized carbons (Fsp3) is 0.636. The van der Waals surface area contributed by atoms with Crippen molar-refractivity contribution in [2.75, 3.05) is 13.1 Å². The Morgan fingerprint density at radius 1 is 1.27 bits per heavy atom. The van der Waals surface area contributed by atoms with Gasteiger partial charge in [-0.2, -0.15) is 0 Å². The number of aromatic nitrogens is 2. The van der Waals surface area contributed by atoms with Gasteiger partial charge in [0.2, 0.25) is 0 Å². The molecule has 1 aromatic heterocycles. The topological polar surface area (TPSA) is 29.0 Å². The van der Waals surface area contributed by atoms with Crippen LogP contribution in [-0.2, 0) is 6.54 Å². The molecule has 0 aromatic carbocycles. The molecule has 0 saturated carbocycles. The van der Waals surface area contributed by atoms with Gasteiger partial charge in [-0.25, -0.2) is 4.98 Å². The molecule has 4 heteroatoms. The highest BCUT2D eigenvalue weighted by Gasteiger charge is 2.25. The van der Waals surface area contributed by atoms with Crippen LogP contribution in [0.3, 0.4) is 0 Å². The molecule has 0 aliphatic carbocycles. The van der Waals surface area contributed by atoms with Crippen LogP contribution in [0, 0.1) is 11.8 Å². The monoisotopic (exact) mass is 225 g/mol. The highest BCUT2D eigenvalue weighted by Crippen LogP contribution is 2.23. The largest absolute Gasteiger partial charge is 0.297 e. The Bertz CT molecular complexity index is 315. The third-order valence-corrected chi connectivity index (χ3v) is 3.32. The van der Waals surface area contributed by atoms with Crippen LogP contribution in [-0.4, -0.2) is 28.0 Å². The summed E-state index contributed by atoms with van der Waals surface area (Å²) in [5, 5.41) is 0.460. The van der Waals surface area contributed by atoms with Crippen LogP contribution in [0.5, 0.6) is 0 Å². The number of rotatable bonds is 2. The first-order valence-corrected chi connectivity index (χ1v) is 5.71. The molecule has 0 radical (unpaired) electrons. The Hall–Kier alpha value is -0.670. The molecule has 2 unspecified atom stereocenters.